The first-order valence-electron chi connectivity index (χ1n) is 21.4. The third kappa shape index (κ3) is 11.4. The molecule has 0 saturated carbocycles. The first-order valence-corrected chi connectivity index (χ1v) is 22.5. The molecule has 3 unspecified atom stereocenters. The molecule has 2 N–H and O–H groups in total. The largest absolute Gasteiger partial charge is 0.497 e. The highest BCUT2D eigenvalue weighted by molar-refractivity contribution is 7.44. The van der Waals surface area contributed by atoms with Gasteiger partial charge in [0.15, 0.2) is 17.4 Å². The lowest BCUT2D eigenvalue weighted by atomic mass is 9.80. The fourth-order valence-electron chi connectivity index (χ4n) is 7.68. The zero-order valence-corrected chi connectivity index (χ0v) is 38.8. The van der Waals surface area contributed by atoms with Crippen LogP contribution in [0.15, 0.2) is 90.0 Å². The number of aromatic amines is 1. The Morgan fingerprint density at radius 2 is 1.52 bits per heavy atom. The number of H-pyrrole nitrogens is 1. The van der Waals surface area contributed by atoms with Gasteiger partial charge >= 0.3 is 6.18 Å². The summed E-state index contributed by atoms with van der Waals surface area (Å²) in [6.45, 7) is 8.85. The highest BCUT2D eigenvalue weighted by atomic mass is 31.2. The predicted octanol–water partition coefficient (Wildman–Crippen LogP) is 8.25. The van der Waals surface area contributed by atoms with Crippen molar-refractivity contribution in [3.63, 3.8) is 0 Å². The molecule has 1 fully saturated rings. The van der Waals surface area contributed by atoms with Crippen LogP contribution >= 0.6 is 8.53 Å². The maximum absolute atomic E-state index is 14.3. The van der Waals surface area contributed by atoms with Crippen LogP contribution in [0.2, 0.25) is 0 Å². The Labute approximate surface area is 382 Å². The number of aromatic nitrogens is 4. The lowest BCUT2D eigenvalue weighted by Crippen LogP contribution is -2.43. The lowest BCUT2D eigenvalue weighted by molar-refractivity contribution is -0.198. The van der Waals surface area contributed by atoms with Gasteiger partial charge in [-0.2, -0.15) is 23.4 Å². The van der Waals surface area contributed by atoms with E-state index in [0.29, 0.717) is 28.2 Å². The number of nitrogens with zero attached hydrogens (tertiary/aromatic N) is 5. The number of halogens is 3. The van der Waals surface area contributed by atoms with Crippen molar-refractivity contribution in [1.29, 1.82) is 5.26 Å². The SMILES string of the molecule is COc1ccc(C(OCC2OC(n3cnc4c(=O)[nH]c(NC(=O)C(C)C)nc43)[C@H](OP(OCCC#N)N(C(C)C)C(C)C)[C@@H]2OCC(F)(F)F)(c2ccccc2)c2ccc(OC)cc2)cc1. The van der Waals surface area contributed by atoms with Crippen molar-refractivity contribution in [3.8, 4) is 17.6 Å². The number of fused-ring (bicyclic) bond motifs is 1. The average molecular weight is 938 g/mol. The Kier molecular flexibility index (Phi) is 16.6. The van der Waals surface area contributed by atoms with Gasteiger partial charge in [-0.15, -0.1) is 0 Å². The van der Waals surface area contributed by atoms with Crippen LogP contribution in [0, 0.1) is 17.2 Å². The number of nitriles is 1. The number of amides is 1. The minimum absolute atomic E-state index is 0.00328. The molecule has 0 spiro atoms. The summed E-state index contributed by atoms with van der Waals surface area (Å²) in [5.41, 5.74) is -0.366. The molecule has 1 aliphatic heterocycles. The summed E-state index contributed by atoms with van der Waals surface area (Å²) < 4.78 is 90.2. The van der Waals surface area contributed by atoms with E-state index in [1.54, 1.807) is 52.3 Å². The number of alkyl halides is 3. The number of nitrogens with one attached hydrogen (secondary N) is 2. The molecule has 2 aromatic heterocycles. The molecule has 1 aliphatic rings. The molecule has 1 saturated heterocycles. The van der Waals surface area contributed by atoms with Gasteiger partial charge < -0.3 is 32.7 Å². The average Bonchev–Trinajstić information content (AvgIpc) is 3.87. The molecule has 66 heavy (non-hydrogen) atoms. The number of anilines is 1. The molecule has 5 atom stereocenters. The van der Waals surface area contributed by atoms with Gasteiger partial charge in [-0.05, 0) is 68.7 Å². The number of carbonyl (C=O) groups is 1. The van der Waals surface area contributed by atoms with Crippen molar-refractivity contribution < 1.29 is 50.7 Å². The van der Waals surface area contributed by atoms with Gasteiger partial charge in [0.1, 0.15) is 42.0 Å². The van der Waals surface area contributed by atoms with E-state index in [-0.39, 0.29) is 42.2 Å². The number of imidazole rings is 1. The van der Waals surface area contributed by atoms with Crippen molar-refractivity contribution in [2.24, 2.45) is 5.92 Å². The van der Waals surface area contributed by atoms with Crippen LogP contribution in [-0.2, 0) is 33.7 Å². The number of benzene rings is 3. The molecule has 354 valence electrons. The molecule has 0 bridgehead atoms. The molecule has 5 aromatic rings. The molecule has 0 radical (unpaired) electrons. The van der Waals surface area contributed by atoms with E-state index in [2.05, 4.69) is 26.3 Å². The Balaban J connectivity index is 1.54. The number of rotatable bonds is 21. The predicted molar refractivity (Wildman–Crippen MR) is 240 cm³/mol. The van der Waals surface area contributed by atoms with Crippen molar-refractivity contribution in [1.82, 2.24) is 24.2 Å². The minimum atomic E-state index is -4.79. The zero-order valence-electron chi connectivity index (χ0n) is 37.9. The Hall–Kier alpha value is -5.45. The molecule has 16 nitrogen and oxygen atoms in total. The van der Waals surface area contributed by atoms with Gasteiger partial charge in [-0.3, -0.25) is 24.5 Å². The van der Waals surface area contributed by atoms with Crippen molar-refractivity contribution in [2.45, 2.75) is 96.4 Å². The smallest absolute Gasteiger partial charge is 0.411 e. The van der Waals surface area contributed by atoms with E-state index >= 15 is 0 Å². The lowest BCUT2D eigenvalue weighted by Gasteiger charge is -2.38. The van der Waals surface area contributed by atoms with Crippen molar-refractivity contribution >= 4 is 31.5 Å². The summed E-state index contributed by atoms with van der Waals surface area (Å²) in [5, 5.41) is 12.0. The van der Waals surface area contributed by atoms with Crippen molar-refractivity contribution in [3.05, 3.63) is 112 Å². The number of hydrogen-bond donors (Lipinski definition) is 2. The normalized spacial score (nSPS) is 18.3. The van der Waals surface area contributed by atoms with Crippen LogP contribution < -0.4 is 20.3 Å². The van der Waals surface area contributed by atoms with Crippen LogP contribution in [0.25, 0.3) is 11.2 Å². The van der Waals surface area contributed by atoms with Crippen LogP contribution in [-0.4, -0.2) is 101 Å². The van der Waals surface area contributed by atoms with E-state index in [4.69, 9.17) is 32.7 Å². The number of methoxy groups -OCH3 is 2. The fraction of sp³-hybridized carbons (Fsp3) is 0.457. The maximum Gasteiger partial charge on any atom is 0.411 e. The monoisotopic (exact) mass is 937 g/mol. The minimum Gasteiger partial charge on any atom is -0.497 e. The van der Waals surface area contributed by atoms with Crippen LogP contribution in [0.5, 0.6) is 11.5 Å². The van der Waals surface area contributed by atoms with Crippen molar-refractivity contribution in [2.75, 3.05) is 39.4 Å². The summed E-state index contributed by atoms with van der Waals surface area (Å²) in [7, 11) is 0.956. The van der Waals surface area contributed by atoms with E-state index in [1.165, 1.54) is 10.9 Å². The third-order valence-electron chi connectivity index (χ3n) is 10.7. The van der Waals surface area contributed by atoms with Gasteiger partial charge in [0, 0.05) is 18.0 Å². The molecule has 3 heterocycles. The molecule has 0 aliphatic carbocycles. The van der Waals surface area contributed by atoms with Gasteiger partial charge in [0.05, 0.1) is 46.3 Å². The molecule has 3 aromatic carbocycles. The number of ether oxygens (including phenoxy) is 5. The maximum atomic E-state index is 14.3. The van der Waals surface area contributed by atoms with E-state index in [1.807, 2.05) is 87.0 Å². The van der Waals surface area contributed by atoms with Crippen LogP contribution in [0.4, 0.5) is 19.1 Å². The summed E-state index contributed by atoms with van der Waals surface area (Å²) in [6, 6.07) is 25.4. The quantitative estimate of drug-likeness (QED) is 0.0408. The standard InChI is InChI=1S/C46H55F3N7O9P/c1-28(2)41(57)53-44-52-40-37(42(58)54-44)51-27-55(40)43-39(65-66(63-24-12-23-50)56(29(3)4)30(5)6)38(61-26-45(47,48)49)36(64-43)25-62-46(31-13-10-9-11-14-31,32-15-19-34(59-7)20-16-32)33-17-21-35(60-8)22-18-33/h9-11,13-22,27-30,36,38-39,43H,12,24-26H2,1-8H3,(H2,52,53,54,57,58)/t36?,38-,39-,43?,66?/m1/s1. The molecule has 1 amide bonds. The van der Waals surface area contributed by atoms with Crippen LogP contribution in [0.1, 0.15) is 70.9 Å². The summed E-state index contributed by atoms with van der Waals surface area (Å²) in [5.74, 6) is 0.0688. The Morgan fingerprint density at radius 1 is 0.924 bits per heavy atom. The Bertz CT molecular complexity index is 2410. The summed E-state index contributed by atoms with van der Waals surface area (Å²) >= 11 is 0. The Morgan fingerprint density at radius 3 is 2.05 bits per heavy atom. The summed E-state index contributed by atoms with van der Waals surface area (Å²) in [4.78, 5) is 37.5. The topological polar surface area (TPSA) is 184 Å². The third-order valence-corrected chi connectivity index (χ3v) is 12.8. The molecule has 20 heteroatoms. The highest BCUT2D eigenvalue weighted by Gasteiger charge is 2.53. The molecular weight excluding hydrogens is 883 g/mol. The highest BCUT2D eigenvalue weighted by Crippen LogP contribution is 2.52. The van der Waals surface area contributed by atoms with E-state index in [0.717, 1.165) is 0 Å². The van der Waals surface area contributed by atoms with Gasteiger partial charge in [0.2, 0.25) is 11.9 Å². The van der Waals surface area contributed by atoms with E-state index in [9.17, 15) is 28.0 Å². The summed E-state index contributed by atoms with van der Waals surface area (Å²) in [6.07, 6.45) is -9.17. The molecule has 6 rings (SSSR count). The second-order valence-corrected chi connectivity index (χ2v) is 17.7. The first-order chi connectivity index (χ1) is 31.5. The number of carbonyl (C=O) groups excluding carboxylic acids is 1. The second-order valence-electron chi connectivity index (χ2n) is 16.3. The molecular formula is C46H55F3N7O9P. The second kappa shape index (κ2) is 21.9. The van der Waals surface area contributed by atoms with E-state index < -0.39 is 75.4 Å². The van der Waals surface area contributed by atoms with Gasteiger partial charge in [-0.1, -0.05) is 68.4 Å². The van der Waals surface area contributed by atoms with Gasteiger partial charge in [-0.25, -0.2) is 9.65 Å². The zero-order chi connectivity index (χ0) is 47.8. The fourth-order valence-corrected chi connectivity index (χ4v) is 9.42. The van der Waals surface area contributed by atoms with Gasteiger partial charge in [0.25, 0.3) is 14.1 Å². The van der Waals surface area contributed by atoms with Crippen LogP contribution in [0.3, 0.4) is 0 Å². The first kappa shape index (κ1) is 50.0. The number of hydrogen-bond acceptors (Lipinski definition) is 13.